The number of hydrogen-bond donors (Lipinski definition) is 1. The Morgan fingerprint density at radius 3 is 2.21 bits per heavy atom. The minimum Gasteiger partial charge on any atom is -0.497 e. The van der Waals surface area contributed by atoms with E-state index >= 15 is 0 Å². The molecule has 0 saturated carbocycles. The Balaban J connectivity index is 0.00000169. The molecule has 0 aromatic heterocycles. The summed E-state index contributed by atoms with van der Waals surface area (Å²) in [6, 6.07) is 6.72. The van der Waals surface area contributed by atoms with E-state index in [4.69, 9.17) is 14.6 Å². The summed E-state index contributed by atoms with van der Waals surface area (Å²) >= 11 is 0. The van der Waals surface area contributed by atoms with Gasteiger partial charge < -0.3 is 14.6 Å². The second kappa shape index (κ2) is 6.10. The number of benzene rings is 1. The molecule has 5 heteroatoms. The van der Waals surface area contributed by atoms with Gasteiger partial charge in [-0.2, -0.15) is 0 Å². The first-order valence-corrected chi connectivity index (χ1v) is 3.71. The van der Waals surface area contributed by atoms with Crippen molar-refractivity contribution in [3.63, 3.8) is 0 Å². The van der Waals surface area contributed by atoms with Gasteiger partial charge in [-0.1, -0.05) is 0 Å². The molecule has 0 aliphatic heterocycles. The van der Waals surface area contributed by atoms with Crippen LogP contribution in [0.5, 0.6) is 11.5 Å². The molecular weight excluding hydrogens is 208 g/mol. The van der Waals surface area contributed by atoms with Gasteiger partial charge in [0.25, 0.3) is 0 Å². The average Bonchev–Trinajstić information content (AvgIpc) is 2.15. The normalized spacial score (nSPS) is 8.64. The Morgan fingerprint density at radius 1 is 1.29 bits per heavy atom. The van der Waals surface area contributed by atoms with Crippen LogP contribution in [0, 0.1) is 0 Å². The van der Waals surface area contributed by atoms with Crippen LogP contribution in [-0.4, -0.2) is 24.8 Å². The van der Waals surface area contributed by atoms with E-state index in [1.54, 1.807) is 31.4 Å². The molecule has 0 atom stereocenters. The van der Waals surface area contributed by atoms with Crippen molar-refractivity contribution in [2.45, 2.75) is 0 Å². The zero-order valence-electron chi connectivity index (χ0n) is 7.60. The summed E-state index contributed by atoms with van der Waals surface area (Å²) in [5.41, 5.74) is 0. The largest absolute Gasteiger partial charge is 0.497 e. The predicted octanol–water partition coefficient (Wildman–Crippen LogP) is 1.58. The molecule has 78 valence electrons. The summed E-state index contributed by atoms with van der Waals surface area (Å²) in [5.74, 6) is 0.238. The third-order valence-corrected chi connectivity index (χ3v) is 1.42. The average molecular weight is 219 g/mol. The van der Waals surface area contributed by atoms with Crippen molar-refractivity contribution < 1.29 is 19.4 Å². The summed E-state index contributed by atoms with van der Waals surface area (Å²) in [4.78, 5) is 10.1. The predicted molar refractivity (Wildman–Crippen MR) is 53.4 cm³/mol. The maximum Gasteiger partial charge on any atom is 0.341 e. The van der Waals surface area contributed by atoms with Crippen molar-refractivity contribution in [1.29, 1.82) is 0 Å². The SMILES string of the molecule is COc1ccc(OCC(=O)O)cc1.Cl. The summed E-state index contributed by atoms with van der Waals surface area (Å²) in [6.07, 6.45) is 0. The van der Waals surface area contributed by atoms with Gasteiger partial charge in [-0.05, 0) is 24.3 Å². The van der Waals surface area contributed by atoms with Crippen LogP contribution in [0.3, 0.4) is 0 Å². The van der Waals surface area contributed by atoms with Crippen molar-refractivity contribution in [2.24, 2.45) is 0 Å². The second-order valence-electron chi connectivity index (χ2n) is 2.36. The lowest BCUT2D eigenvalue weighted by atomic mass is 10.3. The summed E-state index contributed by atoms with van der Waals surface area (Å²) in [6.45, 7) is -0.327. The molecule has 1 N–H and O–H groups in total. The first-order chi connectivity index (χ1) is 6.22. The molecule has 1 aromatic carbocycles. The fourth-order valence-corrected chi connectivity index (χ4v) is 0.817. The third kappa shape index (κ3) is 4.00. The van der Waals surface area contributed by atoms with Crippen LogP contribution in [0.25, 0.3) is 0 Å². The number of carboxylic acids is 1. The molecule has 0 bridgehead atoms. The Bertz CT molecular complexity index is 283. The highest BCUT2D eigenvalue weighted by molar-refractivity contribution is 5.85. The van der Waals surface area contributed by atoms with E-state index in [1.807, 2.05) is 0 Å². The lowest BCUT2D eigenvalue weighted by molar-refractivity contribution is -0.139. The van der Waals surface area contributed by atoms with E-state index < -0.39 is 5.97 Å². The molecule has 0 amide bonds. The molecule has 0 unspecified atom stereocenters. The molecule has 0 spiro atoms. The van der Waals surface area contributed by atoms with Crippen molar-refractivity contribution in [2.75, 3.05) is 13.7 Å². The van der Waals surface area contributed by atoms with Crippen LogP contribution in [0.4, 0.5) is 0 Å². The number of methoxy groups -OCH3 is 1. The van der Waals surface area contributed by atoms with E-state index in [9.17, 15) is 4.79 Å². The van der Waals surface area contributed by atoms with Gasteiger partial charge in [0.2, 0.25) is 0 Å². The van der Waals surface area contributed by atoms with E-state index in [0.29, 0.717) is 11.5 Å². The summed E-state index contributed by atoms with van der Waals surface area (Å²) in [7, 11) is 1.56. The third-order valence-electron chi connectivity index (χ3n) is 1.42. The van der Waals surface area contributed by atoms with Crippen molar-refractivity contribution in [3.8, 4) is 11.5 Å². The van der Waals surface area contributed by atoms with Gasteiger partial charge in [-0.25, -0.2) is 4.79 Å². The Hall–Kier alpha value is -1.42. The molecule has 14 heavy (non-hydrogen) atoms. The molecule has 0 heterocycles. The highest BCUT2D eigenvalue weighted by Crippen LogP contribution is 2.16. The second-order valence-corrected chi connectivity index (χ2v) is 2.36. The van der Waals surface area contributed by atoms with Gasteiger partial charge in [0.1, 0.15) is 11.5 Å². The minimum absolute atomic E-state index is 0. The lowest BCUT2D eigenvalue weighted by Gasteiger charge is -2.03. The number of halogens is 1. The maximum absolute atomic E-state index is 10.1. The van der Waals surface area contributed by atoms with Gasteiger partial charge >= 0.3 is 5.97 Å². The lowest BCUT2D eigenvalue weighted by Crippen LogP contribution is -2.09. The van der Waals surface area contributed by atoms with E-state index in [0.717, 1.165) is 0 Å². The summed E-state index contributed by atoms with van der Waals surface area (Å²) < 4.78 is 9.83. The van der Waals surface area contributed by atoms with Crippen LogP contribution in [0.2, 0.25) is 0 Å². The van der Waals surface area contributed by atoms with Crippen LogP contribution in [0.15, 0.2) is 24.3 Å². The summed E-state index contributed by atoms with van der Waals surface area (Å²) in [5, 5.41) is 8.33. The number of aliphatic carboxylic acids is 1. The standard InChI is InChI=1S/C9H10O4.ClH/c1-12-7-2-4-8(5-3-7)13-6-9(10)11;/h2-5H,6H2,1H3,(H,10,11);1H. The van der Waals surface area contributed by atoms with Gasteiger partial charge in [0, 0.05) is 0 Å². The van der Waals surface area contributed by atoms with Crippen LogP contribution < -0.4 is 9.47 Å². The Labute approximate surface area is 87.9 Å². The zero-order chi connectivity index (χ0) is 9.68. The maximum atomic E-state index is 10.1. The number of carboxylic acid groups (broad SMARTS) is 1. The van der Waals surface area contributed by atoms with Crippen molar-refractivity contribution >= 4 is 18.4 Å². The number of carbonyl (C=O) groups is 1. The van der Waals surface area contributed by atoms with Gasteiger partial charge in [0.05, 0.1) is 7.11 Å². The van der Waals surface area contributed by atoms with E-state index in [-0.39, 0.29) is 19.0 Å². The number of hydrogen-bond acceptors (Lipinski definition) is 3. The molecule has 1 rings (SSSR count). The first kappa shape index (κ1) is 12.6. The van der Waals surface area contributed by atoms with Gasteiger partial charge in [0.15, 0.2) is 6.61 Å². The van der Waals surface area contributed by atoms with Crippen LogP contribution in [0.1, 0.15) is 0 Å². The molecule has 0 radical (unpaired) electrons. The molecule has 0 saturated heterocycles. The van der Waals surface area contributed by atoms with Gasteiger partial charge in [-0.3, -0.25) is 0 Å². The van der Waals surface area contributed by atoms with Gasteiger partial charge in [-0.15, -0.1) is 12.4 Å². The molecule has 4 nitrogen and oxygen atoms in total. The fourth-order valence-electron chi connectivity index (χ4n) is 0.817. The quantitative estimate of drug-likeness (QED) is 0.834. The van der Waals surface area contributed by atoms with Crippen LogP contribution in [-0.2, 0) is 4.79 Å². The zero-order valence-corrected chi connectivity index (χ0v) is 8.41. The molecule has 0 aliphatic rings. The number of rotatable bonds is 4. The van der Waals surface area contributed by atoms with Crippen molar-refractivity contribution in [1.82, 2.24) is 0 Å². The van der Waals surface area contributed by atoms with E-state index in [1.165, 1.54) is 0 Å². The smallest absolute Gasteiger partial charge is 0.341 e. The van der Waals surface area contributed by atoms with Crippen molar-refractivity contribution in [3.05, 3.63) is 24.3 Å². The monoisotopic (exact) mass is 218 g/mol. The number of ether oxygens (including phenoxy) is 2. The Kier molecular flexibility index (Phi) is 5.48. The first-order valence-electron chi connectivity index (χ1n) is 3.71. The van der Waals surface area contributed by atoms with Crippen LogP contribution >= 0.6 is 12.4 Å². The topological polar surface area (TPSA) is 55.8 Å². The minimum atomic E-state index is -0.990. The molecular formula is C9H11ClO4. The highest BCUT2D eigenvalue weighted by atomic mass is 35.5. The van der Waals surface area contributed by atoms with E-state index in [2.05, 4.69) is 0 Å². The highest BCUT2D eigenvalue weighted by Gasteiger charge is 1.98. The molecule has 1 aromatic rings. The molecule has 0 aliphatic carbocycles. The fraction of sp³-hybridized carbons (Fsp3) is 0.222. The molecule has 0 fully saturated rings. The Morgan fingerprint density at radius 2 is 1.79 bits per heavy atom.